The molecule has 0 aliphatic rings. The van der Waals surface area contributed by atoms with Crippen LogP contribution in [0.2, 0.25) is 0 Å². The molecule has 7 heteroatoms. The number of unbranched alkanes of at least 4 members (excludes halogenated alkanes) is 1. The molecule has 1 heterocycles. The SMILES string of the molecule is CCCCc1nccn1Cc1ccc(S(=O)(=O)NC(=O)c2ccccc2)cc1. The second kappa shape index (κ2) is 8.84. The minimum atomic E-state index is -3.93. The van der Waals surface area contributed by atoms with Gasteiger partial charge in [0.15, 0.2) is 0 Å². The number of imidazole rings is 1. The lowest BCUT2D eigenvalue weighted by molar-refractivity contribution is 0.0981. The summed E-state index contributed by atoms with van der Waals surface area (Å²) in [6, 6.07) is 14.8. The monoisotopic (exact) mass is 397 g/mol. The lowest BCUT2D eigenvalue weighted by Gasteiger charge is -2.10. The number of carbonyl (C=O) groups excluding carboxylic acids is 1. The number of rotatable bonds is 8. The van der Waals surface area contributed by atoms with Gasteiger partial charge in [-0.1, -0.05) is 43.7 Å². The first-order chi connectivity index (χ1) is 13.5. The van der Waals surface area contributed by atoms with E-state index in [9.17, 15) is 13.2 Å². The van der Waals surface area contributed by atoms with E-state index in [1.807, 2.05) is 6.20 Å². The van der Waals surface area contributed by atoms with Crippen molar-refractivity contribution in [1.82, 2.24) is 14.3 Å². The van der Waals surface area contributed by atoms with Crippen molar-refractivity contribution in [1.29, 1.82) is 0 Å². The van der Waals surface area contributed by atoms with Gasteiger partial charge in [0.1, 0.15) is 5.82 Å². The average Bonchev–Trinajstić information content (AvgIpc) is 3.14. The van der Waals surface area contributed by atoms with Gasteiger partial charge in [0.2, 0.25) is 0 Å². The molecule has 3 rings (SSSR count). The highest BCUT2D eigenvalue weighted by Crippen LogP contribution is 2.14. The molecule has 1 N–H and O–H groups in total. The van der Waals surface area contributed by atoms with E-state index in [1.54, 1.807) is 48.7 Å². The third kappa shape index (κ3) is 4.86. The van der Waals surface area contributed by atoms with Crippen molar-refractivity contribution in [2.24, 2.45) is 0 Å². The number of amides is 1. The number of aryl methyl sites for hydroxylation is 1. The summed E-state index contributed by atoms with van der Waals surface area (Å²) in [7, 11) is -3.93. The van der Waals surface area contributed by atoms with Crippen molar-refractivity contribution in [3.63, 3.8) is 0 Å². The van der Waals surface area contributed by atoms with E-state index in [0.717, 1.165) is 30.7 Å². The zero-order valence-corrected chi connectivity index (χ0v) is 16.5. The minimum absolute atomic E-state index is 0.0531. The summed E-state index contributed by atoms with van der Waals surface area (Å²) in [5.41, 5.74) is 1.26. The van der Waals surface area contributed by atoms with Crippen LogP contribution >= 0.6 is 0 Å². The molecule has 0 saturated heterocycles. The summed E-state index contributed by atoms with van der Waals surface area (Å²) in [5, 5.41) is 0. The van der Waals surface area contributed by atoms with E-state index in [0.29, 0.717) is 12.1 Å². The van der Waals surface area contributed by atoms with Crippen LogP contribution in [0.1, 0.15) is 41.5 Å². The highest BCUT2D eigenvalue weighted by Gasteiger charge is 2.18. The van der Waals surface area contributed by atoms with Gasteiger partial charge in [-0.25, -0.2) is 18.1 Å². The van der Waals surface area contributed by atoms with Gasteiger partial charge in [-0.2, -0.15) is 0 Å². The van der Waals surface area contributed by atoms with Gasteiger partial charge >= 0.3 is 0 Å². The van der Waals surface area contributed by atoms with Gasteiger partial charge in [-0.3, -0.25) is 4.79 Å². The van der Waals surface area contributed by atoms with Crippen molar-refractivity contribution in [2.75, 3.05) is 0 Å². The molecule has 0 atom stereocenters. The Bertz CT molecular complexity index is 1030. The van der Waals surface area contributed by atoms with E-state index in [2.05, 4.69) is 21.2 Å². The van der Waals surface area contributed by atoms with Crippen LogP contribution in [0.3, 0.4) is 0 Å². The molecule has 0 unspecified atom stereocenters. The van der Waals surface area contributed by atoms with E-state index in [4.69, 9.17) is 0 Å². The maximum Gasteiger partial charge on any atom is 0.264 e. The molecule has 0 spiro atoms. The smallest absolute Gasteiger partial charge is 0.264 e. The third-order valence-electron chi connectivity index (χ3n) is 4.41. The second-order valence-electron chi connectivity index (χ2n) is 6.52. The van der Waals surface area contributed by atoms with Crippen molar-refractivity contribution in [2.45, 2.75) is 37.6 Å². The Balaban J connectivity index is 1.70. The molecule has 6 nitrogen and oxygen atoms in total. The lowest BCUT2D eigenvalue weighted by Crippen LogP contribution is -2.30. The van der Waals surface area contributed by atoms with Crippen LogP contribution in [-0.4, -0.2) is 23.9 Å². The number of carbonyl (C=O) groups is 1. The molecule has 0 bridgehead atoms. The fourth-order valence-corrected chi connectivity index (χ4v) is 3.82. The minimum Gasteiger partial charge on any atom is -0.331 e. The molecule has 0 radical (unpaired) electrons. The molecule has 146 valence electrons. The first-order valence-electron chi connectivity index (χ1n) is 9.21. The Hall–Kier alpha value is -2.93. The van der Waals surface area contributed by atoms with Gasteiger partial charge in [0.25, 0.3) is 15.9 Å². The molecule has 2 aromatic carbocycles. The van der Waals surface area contributed by atoms with Crippen LogP contribution in [0.25, 0.3) is 0 Å². The molecular formula is C21H23N3O3S. The van der Waals surface area contributed by atoms with Crippen LogP contribution < -0.4 is 4.72 Å². The van der Waals surface area contributed by atoms with E-state index >= 15 is 0 Å². The first kappa shape index (κ1) is 19.8. The molecule has 28 heavy (non-hydrogen) atoms. The van der Waals surface area contributed by atoms with Crippen LogP contribution in [0.4, 0.5) is 0 Å². The number of sulfonamides is 1. The number of aromatic nitrogens is 2. The van der Waals surface area contributed by atoms with E-state index < -0.39 is 15.9 Å². The maximum atomic E-state index is 12.5. The standard InChI is InChI=1S/C21H23N3O3S/c1-2-3-9-20-22-14-15-24(20)16-17-10-12-19(13-11-17)28(26,27)23-21(25)18-7-5-4-6-8-18/h4-8,10-15H,2-3,9,16H2,1H3,(H,23,25). The Kier molecular flexibility index (Phi) is 6.26. The molecule has 0 saturated carbocycles. The highest BCUT2D eigenvalue weighted by atomic mass is 32.2. The summed E-state index contributed by atoms with van der Waals surface area (Å²) >= 11 is 0. The van der Waals surface area contributed by atoms with Gasteiger partial charge in [-0.05, 0) is 36.2 Å². The Morgan fingerprint density at radius 1 is 1.07 bits per heavy atom. The summed E-state index contributed by atoms with van der Waals surface area (Å²) in [5.74, 6) is 0.373. The van der Waals surface area contributed by atoms with Gasteiger partial charge < -0.3 is 4.57 Å². The highest BCUT2D eigenvalue weighted by molar-refractivity contribution is 7.90. The number of hydrogen-bond acceptors (Lipinski definition) is 4. The fraction of sp³-hybridized carbons (Fsp3) is 0.238. The zero-order chi connectivity index (χ0) is 20.0. The van der Waals surface area contributed by atoms with Gasteiger partial charge in [-0.15, -0.1) is 0 Å². The molecule has 0 fully saturated rings. The van der Waals surface area contributed by atoms with Crippen LogP contribution in [0, 0.1) is 0 Å². The second-order valence-corrected chi connectivity index (χ2v) is 8.20. The van der Waals surface area contributed by atoms with Crippen molar-refractivity contribution < 1.29 is 13.2 Å². The van der Waals surface area contributed by atoms with Crippen molar-refractivity contribution in [3.8, 4) is 0 Å². The normalized spacial score (nSPS) is 11.3. The average molecular weight is 398 g/mol. The summed E-state index contributed by atoms with van der Waals surface area (Å²) in [6.07, 6.45) is 6.81. The van der Waals surface area contributed by atoms with Crippen LogP contribution in [-0.2, 0) is 23.0 Å². The van der Waals surface area contributed by atoms with Crippen molar-refractivity contribution in [3.05, 3.63) is 83.9 Å². The molecular weight excluding hydrogens is 374 g/mol. The largest absolute Gasteiger partial charge is 0.331 e. The quantitative estimate of drug-likeness (QED) is 0.632. The van der Waals surface area contributed by atoms with Crippen molar-refractivity contribution >= 4 is 15.9 Å². The number of hydrogen-bond donors (Lipinski definition) is 1. The van der Waals surface area contributed by atoms with Crippen LogP contribution in [0.5, 0.6) is 0 Å². The summed E-state index contributed by atoms with van der Waals surface area (Å²) < 4.78 is 29.1. The summed E-state index contributed by atoms with van der Waals surface area (Å²) in [4.78, 5) is 16.6. The number of nitrogens with zero attached hydrogens (tertiary/aromatic N) is 2. The fourth-order valence-electron chi connectivity index (χ4n) is 2.85. The first-order valence-corrected chi connectivity index (χ1v) is 10.7. The molecule has 0 aliphatic carbocycles. The molecule has 3 aromatic rings. The zero-order valence-electron chi connectivity index (χ0n) is 15.7. The molecule has 1 aromatic heterocycles. The van der Waals surface area contributed by atoms with Gasteiger partial charge in [0, 0.05) is 30.9 Å². The molecule has 1 amide bonds. The maximum absolute atomic E-state index is 12.5. The Morgan fingerprint density at radius 3 is 2.46 bits per heavy atom. The predicted octanol–water partition coefficient (Wildman–Crippen LogP) is 3.39. The van der Waals surface area contributed by atoms with E-state index in [-0.39, 0.29) is 4.90 Å². The molecule has 0 aliphatic heterocycles. The van der Waals surface area contributed by atoms with E-state index in [1.165, 1.54) is 12.1 Å². The third-order valence-corrected chi connectivity index (χ3v) is 5.75. The van der Waals surface area contributed by atoms with Gasteiger partial charge in [0.05, 0.1) is 4.90 Å². The topological polar surface area (TPSA) is 81.1 Å². The summed E-state index contributed by atoms with van der Waals surface area (Å²) in [6.45, 7) is 2.76. The number of nitrogens with one attached hydrogen (secondary N) is 1. The lowest BCUT2D eigenvalue weighted by atomic mass is 10.2. The predicted molar refractivity (Wildman–Crippen MR) is 107 cm³/mol. The Morgan fingerprint density at radius 2 is 1.79 bits per heavy atom. The Labute approximate surface area is 165 Å². The number of benzene rings is 2. The van der Waals surface area contributed by atoms with Crippen LogP contribution in [0.15, 0.2) is 71.9 Å².